The normalized spacial score (nSPS) is 10.7. The number of thiophene rings is 1. The van der Waals surface area contributed by atoms with Gasteiger partial charge >= 0.3 is 5.63 Å². The van der Waals surface area contributed by atoms with Crippen LogP contribution in [0, 0.1) is 0 Å². The van der Waals surface area contributed by atoms with Crippen molar-refractivity contribution in [2.45, 2.75) is 0 Å². The molecule has 1 aromatic carbocycles. The second-order valence-corrected chi connectivity index (χ2v) is 4.97. The maximum Gasteiger partial charge on any atom is 0.347 e. The molecule has 0 saturated heterocycles. The second kappa shape index (κ2) is 4.94. The van der Waals surface area contributed by atoms with Crippen molar-refractivity contribution in [3.8, 4) is 5.75 Å². The predicted octanol–water partition coefficient (Wildman–Crippen LogP) is 3.09. The van der Waals surface area contributed by atoms with Crippen LogP contribution in [0.2, 0.25) is 0 Å². The lowest BCUT2D eigenvalue weighted by Gasteiger charge is -2.03. The Morgan fingerprint density at radius 3 is 2.80 bits per heavy atom. The molecule has 0 fully saturated rings. The summed E-state index contributed by atoms with van der Waals surface area (Å²) < 4.78 is 10.3. The minimum absolute atomic E-state index is 0.0427. The summed E-state index contributed by atoms with van der Waals surface area (Å²) in [5.74, 6) is 0.273. The highest BCUT2D eigenvalue weighted by atomic mass is 32.1. The number of fused-ring (bicyclic) bond motifs is 1. The fourth-order valence-electron chi connectivity index (χ4n) is 1.93. The van der Waals surface area contributed by atoms with Crippen molar-refractivity contribution < 1.29 is 13.9 Å². The van der Waals surface area contributed by atoms with Crippen molar-refractivity contribution in [3.63, 3.8) is 0 Å². The van der Waals surface area contributed by atoms with E-state index in [2.05, 4.69) is 0 Å². The Morgan fingerprint density at radius 1 is 1.25 bits per heavy atom. The van der Waals surface area contributed by atoms with Gasteiger partial charge < -0.3 is 9.15 Å². The molecule has 0 unspecified atom stereocenters. The zero-order chi connectivity index (χ0) is 14.1. The van der Waals surface area contributed by atoms with Crippen LogP contribution in [0.4, 0.5) is 0 Å². The van der Waals surface area contributed by atoms with Crippen LogP contribution < -0.4 is 10.4 Å². The molecule has 0 atom stereocenters. The SMILES string of the molecule is COc1ccc2cc(C(=O)c3ccsc3)c(=O)oc2c1. The predicted molar refractivity (Wildman–Crippen MR) is 76.8 cm³/mol. The molecule has 2 aromatic heterocycles. The van der Waals surface area contributed by atoms with E-state index < -0.39 is 5.63 Å². The van der Waals surface area contributed by atoms with Crippen molar-refractivity contribution >= 4 is 28.1 Å². The van der Waals surface area contributed by atoms with E-state index in [0.717, 1.165) is 0 Å². The third kappa shape index (κ3) is 2.12. The first-order chi connectivity index (χ1) is 9.69. The van der Waals surface area contributed by atoms with Crippen LogP contribution in [-0.4, -0.2) is 12.9 Å². The molecule has 5 heteroatoms. The molecule has 3 rings (SSSR count). The lowest BCUT2D eigenvalue weighted by atomic mass is 10.1. The van der Waals surface area contributed by atoms with Crippen LogP contribution >= 0.6 is 11.3 Å². The maximum atomic E-state index is 12.2. The molecule has 0 radical (unpaired) electrons. The third-order valence-corrected chi connectivity index (χ3v) is 3.65. The molecule has 0 aliphatic carbocycles. The highest BCUT2D eigenvalue weighted by Gasteiger charge is 2.16. The summed E-state index contributed by atoms with van der Waals surface area (Å²) in [7, 11) is 1.54. The summed E-state index contributed by atoms with van der Waals surface area (Å²) in [5.41, 5.74) is 0.300. The Bertz CT molecular complexity index is 831. The van der Waals surface area contributed by atoms with E-state index in [9.17, 15) is 9.59 Å². The Labute approximate surface area is 118 Å². The van der Waals surface area contributed by atoms with Gasteiger partial charge in [-0.15, -0.1) is 0 Å². The topological polar surface area (TPSA) is 56.5 Å². The standard InChI is InChI=1S/C15H10O4S/c1-18-11-3-2-9-6-12(15(17)19-13(9)7-11)14(16)10-4-5-20-8-10/h2-8H,1H3. The van der Waals surface area contributed by atoms with Gasteiger partial charge in [0.2, 0.25) is 5.78 Å². The maximum absolute atomic E-state index is 12.2. The first-order valence-electron chi connectivity index (χ1n) is 5.88. The molecular weight excluding hydrogens is 276 g/mol. The molecule has 3 aromatic rings. The van der Waals surface area contributed by atoms with Crippen LogP contribution in [0.1, 0.15) is 15.9 Å². The van der Waals surface area contributed by atoms with E-state index in [1.807, 2.05) is 0 Å². The van der Waals surface area contributed by atoms with Crippen molar-refractivity contribution in [3.05, 3.63) is 62.6 Å². The Hall–Kier alpha value is -2.40. The second-order valence-electron chi connectivity index (χ2n) is 4.19. The number of ether oxygens (including phenoxy) is 1. The third-order valence-electron chi connectivity index (χ3n) is 2.97. The van der Waals surface area contributed by atoms with Gasteiger partial charge in [-0.2, -0.15) is 11.3 Å². The monoisotopic (exact) mass is 286 g/mol. The Morgan fingerprint density at radius 2 is 2.10 bits per heavy atom. The number of rotatable bonds is 3. The van der Waals surface area contributed by atoms with Gasteiger partial charge in [0, 0.05) is 22.4 Å². The largest absolute Gasteiger partial charge is 0.497 e. The first-order valence-corrected chi connectivity index (χ1v) is 6.82. The minimum atomic E-state index is -0.637. The highest BCUT2D eigenvalue weighted by Crippen LogP contribution is 2.21. The molecule has 0 amide bonds. The van der Waals surface area contributed by atoms with Gasteiger partial charge in [0.25, 0.3) is 0 Å². The molecule has 20 heavy (non-hydrogen) atoms. The van der Waals surface area contributed by atoms with Gasteiger partial charge in [0.15, 0.2) is 0 Å². The Balaban J connectivity index is 2.16. The van der Waals surface area contributed by atoms with E-state index in [4.69, 9.17) is 9.15 Å². The van der Waals surface area contributed by atoms with Crippen molar-refractivity contribution in [2.75, 3.05) is 7.11 Å². The fourth-order valence-corrected chi connectivity index (χ4v) is 2.56. The summed E-state index contributed by atoms with van der Waals surface area (Å²) in [6.07, 6.45) is 0. The highest BCUT2D eigenvalue weighted by molar-refractivity contribution is 7.08. The number of hydrogen-bond donors (Lipinski definition) is 0. The van der Waals surface area contributed by atoms with Gasteiger partial charge in [-0.3, -0.25) is 4.79 Å². The zero-order valence-corrected chi connectivity index (χ0v) is 11.4. The summed E-state index contributed by atoms with van der Waals surface area (Å²) in [6, 6.07) is 8.36. The number of carbonyl (C=O) groups is 1. The van der Waals surface area contributed by atoms with Gasteiger partial charge in [0.1, 0.15) is 16.9 Å². The fraction of sp³-hybridized carbons (Fsp3) is 0.0667. The number of hydrogen-bond acceptors (Lipinski definition) is 5. The number of ketones is 1. The van der Waals surface area contributed by atoms with Crippen LogP contribution in [0.15, 0.2) is 50.3 Å². The quantitative estimate of drug-likeness (QED) is 0.548. The molecular formula is C15H10O4S. The van der Waals surface area contributed by atoms with Crippen molar-refractivity contribution in [1.29, 1.82) is 0 Å². The molecule has 4 nitrogen and oxygen atoms in total. The molecule has 100 valence electrons. The number of carbonyl (C=O) groups excluding carboxylic acids is 1. The molecule has 0 saturated carbocycles. The lowest BCUT2D eigenvalue weighted by molar-refractivity contribution is 0.103. The van der Waals surface area contributed by atoms with Crippen molar-refractivity contribution in [1.82, 2.24) is 0 Å². The van der Waals surface area contributed by atoms with E-state index in [0.29, 0.717) is 22.3 Å². The van der Waals surface area contributed by atoms with Crippen molar-refractivity contribution in [2.24, 2.45) is 0 Å². The Kier molecular flexibility index (Phi) is 3.12. The van der Waals surface area contributed by atoms with E-state index in [1.54, 1.807) is 41.1 Å². The average Bonchev–Trinajstić information content (AvgIpc) is 2.99. The molecule has 0 aliphatic heterocycles. The van der Waals surface area contributed by atoms with E-state index in [-0.39, 0.29) is 11.3 Å². The summed E-state index contributed by atoms with van der Waals surface area (Å²) in [6.45, 7) is 0. The van der Waals surface area contributed by atoms with Gasteiger partial charge in [0.05, 0.1) is 7.11 Å². The summed E-state index contributed by atoms with van der Waals surface area (Å²) >= 11 is 1.41. The molecule has 2 heterocycles. The summed E-state index contributed by atoms with van der Waals surface area (Å²) in [5, 5.41) is 4.18. The van der Waals surface area contributed by atoms with Gasteiger partial charge in [-0.25, -0.2) is 4.79 Å². The molecule has 0 bridgehead atoms. The van der Waals surface area contributed by atoms with E-state index >= 15 is 0 Å². The number of benzene rings is 1. The average molecular weight is 286 g/mol. The molecule has 0 N–H and O–H groups in total. The smallest absolute Gasteiger partial charge is 0.347 e. The van der Waals surface area contributed by atoms with Crippen LogP contribution in [-0.2, 0) is 0 Å². The van der Waals surface area contributed by atoms with Crippen LogP contribution in [0.25, 0.3) is 11.0 Å². The van der Waals surface area contributed by atoms with Crippen LogP contribution in [0.3, 0.4) is 0 Å². The van der Waals surface area contributed by atoms with Gasteiger partial charge in [-0.05, 0) is 29.6 Å². The first kappa shape index (κ1) is 12.6. The van der Waals surface area contributed by atoms with Crippen LogP contribution in [0.5, 0.6) is 5.75 Å². The summed E-state index contributed by atoms with van der Waals surface area (Å²) in [4.78, 5) is 24.2. The lowest BCUT2D eigenvalue weighted by Crippen LogP contribution is -2.14. The number of methoxy groups -OCH3 is 1. The minimum Gasteiger partial charge on any atom is -0.497 e. The molecule has 0 aliphatic rings. The van der Waals surface area contributed by atoms with Gasteiger partial charge in [-0.1, -0.05) is 0 Å². The molecule has 0 spiro atoms. The zero-order valence-electron chi connectivity index (χ0n) is 10.6. The van der Waals surface area contributed by atoms with E-state index in [1.165, 1.54) is 18.4 Å².